The number of benzene rings is 1. The lowest BCUT2D eigenvalue weighted by molar-refractivity contribution is 0.949. The first-order valence-corrected chi connectivity index (χ1v) is 5.62. The summed E-state index contributed by atoms with van der Waals surface area (Å²) in [5, 5.41) is 10.1. The van der Waals surface area contributed by atoms with Crippen LogP contribution in [0.5, 0.6) is 0 Å². The lowest BCUT2D eigenvalue weighted by Crippen LogP contribution is -2.19. The van der Waals surface area contributed by atoms with E-state index in [9.17, 15) is 0 Å². The van der Waals surface area contributed by atoms with Crippen LogP contribution in [0.2, 0.25) is 10.0 Å². The normalized spacial score (nSPS) is 15.4. The molecule has 2 rings (SSSR count). The Morgan fingerprint density at radius 1 is 1.13 bits per heavy atom. The Kier molecular flexibility index (Phi) is 3.04. The lowest BCUT2D eigenvalue weighted by atomic mass is 10.2. The van der Waals surface area contributed by atoms with Crippen molar-refractivity contribution in [3.63, 3.8) is 0 Å². The third kappa shape index (κ3) is 1.90. The Labute approximate surface area is 99.0 Å². The predicted octanol–water partition coefficient (Wildman–Crippen LogP) is 3.47. The monoisotopic (exact) mass is 240 g/mol. The molecule has 0 unspecified atom stereocenters. The second kappa shape index (κ2) is 4.30. The summed E-state index contributed by atoms with van der Waals surface area (Å²) in [5.74, 6) is 0. The van der Waals surface area contributed by atoms with Crippen LogP contribution < -0.4 is 4.90 Å². The molecule has 1 aromatic rings. The van der Waals surface area contributed by atoms with Crippen molar-refractivity contribution in [3.8, 4) is 6.07 Å². The van der Waals surface area contributed by atoms with Crippen LogP contribution in [-0.2, 0) is 0 Å². The molecule has 4 heteroatoms. The first kappa shape index (κ1) is 10.6. The molecule has 1 aliphatic heterocycles. The zero-order chi connectivity index (χ0) is 10.8. The number of hydrogen-bond donors (Lipinski definition) is 0. The molecule has 0 saturated carbocycles. The highest BCUT2D eigenvalue weighted by atomic mass is 35.5. The number of nitrogens with zero attached hydrogens (tertiary/aromatic N) is 2. The van der Waals surface area contributed by atoms with Crippen LogP contribution in [0.1, 0.15) is 18.4 Å². The predicted molar refractivity (Wildman–Crippen MR) is 62.6 cm³/mol. The van der Waals surface area contributed by atoms with Crippen LogP contribution >= 0.6 is 23.2 Å². The van der Waals surface area contributed by atoms with Crippen molar-refractivity contribution in [1.82, 2.24) is 0 Å². The molecule has 1 heterocycles. The second-order valence-corrected chi connectivity index (χ2v) is 4.37. The zero-order valence-electron chi connectivity index (χ0n) is 8.13. The molecule has 1 aliphatic rings. The summed E-state index contributed by atoms with van der Waals surface area (Å²) < 4.78 is 0. The van der Waals surface area contributed by atoms with Gasteiger partial charge in [-0.25, -0.2) is 0 Å². The van der Waals surface area contributed by atoms with Gasteiger partial charge in [-0.15, -0.1) is 0 Å². The second-order valence-electron chi connectivity index (χ2n) is 3.56. The van der Waals surface area contributed by atoms with Gasteiger partial charge in [0, 0.05) is 13.1 Å². The van der Waals surface area contributed by atoms with Gasteiger partial charge in [-0.1, -0.05) is 23.2 Å². The summed E-state index contributed by atoms with van der Waals surface area (Å²) in [6.07, 6.45) is 2.29. The topological polar surface area (TPSA) is 27.0 Å². The van der Waals surface area contributed by atoms with E-state index in [-0.39, 0.29) is 0 Å². The Morgan fingerprint density at radius 3 is 2.33 bits per heavy atom. The van der Waals surface area contributed by atoms with Gasteiger partial charge in [0.1, 0.15) is 6.07 Å². The molecule has 0 bridgehead atoms. The van der Waals surface area contributed by atoms with E-state index in [1.54, 1.807) is 12.1 Å². The molecule has 0 N–H and O–H groups in total. The number of rotatable bonds is 1. The third-order valence-electron chi connectivity index (χ3n) is 2.61. The molecule has 78 valence electrons. The number of hydrogen-bond acceptors (Lipinski definition) is 2. The van der Waals surface area contributed by atoms with Gasteiger partial charge in [0.05, 0.1) is 21.3 Å². The highest BCUT2D eigenvalue weighted by molar-refractivity contribution is 6.36. The van der Waals surface area contributed by atoms with Gasteiger partial charge < -0.3 is 4.90 Å². The van der Waals surface area contributed by atoms with Crippen LogP contribution in [0.3, 0.4) is 0 Å². The summed E-state index contributed by atoms with van der Waals surface area (Å²) in [7, 11) is 0. The zero-order valence-corrected chi connectivity index (χ0v) is 9.65. The Balaban J connectivity index is 2.52. The van der Waals surface area contributed by atoms with Crippen molar-refractivity contribution in [2.24, 2.45) is 0 Å². The smallest absolute Gasteiger partial charge is 0.103 e. The molecule has 1 fully saturated rings. The average molecular weight is 241 g/mol. The quantitative estimate of drug-likeness (QED) is 0.752. The fourth-order valence-electron chi connectivity index (χ4n) is 1.90. The van der Waals surface area contributed by atoms with Crippen molar-refractivity contribution in [2.75, 3.05) is 18.0 Å². The van der Waals surface area contributed by atoms with Crippen molar-refractivity contribution < 1.29 is 0 Å². The van der Waals surface area contributed by atoms with E-state index in [2.05, 4.69) is 11.0 Å². The molecular formula is C11H10Cl2N2. The standard InChI is InChI=1S/C11H10Cl2N2/c12-9-3-4-10(13)11(8(9)7-14)15-5-1-2-6-15/h3-4H,1-2,5-6H2. The van der Waals surface area contributed by atoms with Gasteiger partial charge >= 0.3 is 0 Å². The largest absolute Gasteiger partial charge is 0.369 e. The minimum Gasteiger partial charge on any atom is -0.369 e. The van der Waals surface area contributed by atoms with E-state index in [1.807, 2.05) is 0 Å². The van der Waals surface area contributed by atoms with E-state index in [1.165, 1.54) is 0 Å². The summed E-state index contributed by atoms with van der Waals surface area (Å²) in [5.41, 5.74) is 1.29. The van der Waals surface area contributed by atoms with Gasteiger partial charge in [-0.3, -0.25) is 0 Å². The van der Waals surface area contributed by atoms with Gasteiger partial charge in [0.15, 0.2) is 0 Å². The Bertz CT molecular complexity index is 417. The third-order valence-corrected chi connectivity index (χ3v) is 3.23. The highest BCUT2D eigenvalue weighted by Crippen LogP contribution is 2.35. The van der Waals surface area contributed by atoms with Crippen molar-refractivity contribution >= 4 is 28.9 Å². The van der Waals surface area contributed by atoms with Gasteiger partial charge in [0.2, 0.25) is 0 Å². The van der Waals surface area contributed by atoms with E-state index in [0.717, 1.165) is 31.6 Å². The molecule has 0 radical (unpaired) electrons. The maximum atomic E-state index is 9.06. The van der Waals surface area contributed by atoms with E-state index in [4.69, 9.17) is 28.5 Å². The molecule has 0 aliphatic carbocycles. The molecule has 2 nitrogen and oxygen atoms in total. The molecule has 1 saturated heterocycles. The van der Waals surface area contributed by atoms with E-state index in [0.29, 0.717) is 15.6 Å². The Hall–Kier alpha value is -0.910. The molecule has 0 atom stereocenters. The highest BCUT2D eigenvalue weighted by Gasteiger charge is 2.20. The summed E-state index contributed by atoms with van der Waals surface area (Å²) in [4.78, 5) is 2.13. The van der Waals surface area contributed by atoms with E-state index >= 15 is 0 Å². The fraction of sp³-hybridized carbons (Fsp3) is 0.364. The SMILES string of the molecule is N#Cc1c(Cl)ccc(Cl)c1N1CCCC1. The minimum absolute atomic E-state index is 0.476. The van der Waals surface area contributed by atoms with Gasteiger partial charge in [-0.2, -0.15) is 5.26 Å². The van der Waals surface area contributed by atoms with Gasteiger partial charge in [-0.05, 0) is 25.0 Å². The molecule has 0 amide bonds. The van der Waals surface area contributed by atoms with E-state index < -0.39 is 0 Å². The molecule has 15 heavy (non-hydrogen) atoms. The van der Waals surface area contributed by atoms with Crippen molar-refractivity contribution in [1.29, 1.82) is 5.26 Å². The first-order valence-electron chi connectivity index (χ1n) is 4.87. The van der Waals surface area contributed by atoms with Crippen LogP contribution in [0.15, 0.2) is 12.1 Å². The molecule has 1 aromatic carbocycles. The number of anilines is 1. The summed E-state index contributed by atoms with van der Waals surface area (Å²) in [6, 6.07) is 5.54. The molecule has 0 spiro atoms. The van der Waals surface area contributed by atoms with Gasteiger partial charge in [0.25, 0.3) is 0 Å². The minimum atomic E-state index is 0.476. The van der Waals surface area contributed by atoms with Crippen LogP contribution in [0, 0.1) is 11.3 Å². The molecular weight excluding hydrogens is 231 g/mol. The number of halogens is 2. The maximum Gasteiger partial charge on any atom is 0.103 e. The van der Waals surface area contributed by atoms with Crippen LogP contribution in [-0.4, -0.2) is 13.1 Å². The summed E-state index contributed by atoms with van der Waals surface area (Å²) in [6.45, 7) is 1.91. The molecule has 0 aromatic heterocycles. The fourth-order valence-corrected chi connectivity index (χ4v) is 2.37. The average Bonchev–Trinajstić information content (AvgIpc) is 2.74. The Morgan fingerprint density at radius 2 is 1.73 bits per heavy atom. The number of nitriles is 1. The van der Waals surface area contributed by atoms with Crippen molar-refractivity contribution in [3.05, 3.63) is 27.7 Å². The maximum absolute atomic E-state index is 9.06. The first-order chi connectivity index (χ1) is 7.24. The summed E-state index contributed by atoms with van der Waals surface area (Å²) >= 11 is 12.1. The lowest BCUT2D eigenvalue weighted by Gasteiger charge is -2.20. The van der Waals surface area contributed by atoms with Crippen LogP contribution in [0.25, 0.3) is 0 Å². The van der Waals surface area contributed by atoms with Crippen LogP contribution in [0.4, 0.5) is 5.69 Å². The van der Waals surface area contributed by atoms with Crippen molar-refractivity contribution in [2.45, 2.75) is 12.8 Å².